The van der Waals surface area contributed by atoms with E-state index in [0.29, 0.717) is 19.5 Å². The third-order valence-corrected chi connectivity index (χ3v) is 4.49. The zero-order valence-electron chi connectivity index (χ0n) is 12.1. The van der Waals surface area contributed by atoms with Gasteiger partial charge < -0.3 is 4.90 Å². The minimum Gasteiger partial charge on any atom is -0.342 e. The quantitative estimate of drug-likeness (QED) is 0.919. The van der Waals surface area contributed by atoms with Crippen LogP contribution >= 0.6 is 0 Å². The molecule has 1 aliphatic carbocycles. The van der Waals surface area contributed by atoms with E-state index in [2.05, 4.69) is 15.2 Å². The average molecular weight is 300 g/mol. The Hall–Kier alpha value is -2.24. The van der Waals surface area contributed by atoms with E-state index in [-0.39, 0.29) is 5.91 Å². The van der Waals surface area contributed by atoms with E-state index in [1.807, 2.05) is 12.1 Å². The molecule has 0 spiro atoms. The second-order valence-electron chi connectivity index (χ2n) is 5.95. The lowest BCUT2D eigenvalue weighted by Gasteiger charge is -2.20. The molecule has 0 radical (unpaired) electrons. The highest BCUT2D eigenvalue weighted by atomic mass is 19.1. The third kappa shape index (κ3) is 2.28. The van der Waals surface area contributed by atoms with Gasteiger partial charge in [0.25, 0.3) is 0 Å². The number of nitrogens with zero attached hydrogens (tertiary/aromatic N) is 3. The first-order valence-corrected chi connectivity index (χ1v) is 7.63. The van der Waals surface area contributed by atoms with Crippen LogP contribution in [0.15, 0.2) is 24.5 Å². The number of carbonyl (C=O) groups excluding carboxylic acids is 1. The number of alkyl halides is 1. The fourth-order valence-electron chi connectivity index (χ4n) is 3.10. The Morgan fingerprint density at radius 3 is 2.91 bits per heavy atom. The van der Waals surface area contributed by atoms with Crippen molar-refractivity contribution in [1.29, 1.82) is 0 Å². The monoisotopic (exact) mass is 300 g/mol. The summed E-state index contributed by atoms with van der Waals surface area (Å²) in [6.07, 6.45) is 4.47. The van der Waals surface area contributed by atoms with Gasteiger partial charge in [0, 0.05) is 48.7 Å². The lowest BCUT2D eigenvalue weighted by molar-refractivity contribution is -0.132. The number of pyridine rings is 1. The molecule has 22 heavy (non-hydrogen) atoms. The summed E-state index contributed by atoms with van der Waals surface area (Å²) >= 11 is 0. The Morgan fingerprint density at radius 1 is 1.36 bits per heavy atom. The maximum absolute atomic E-state index is 13.1. The van der Waals surface area contributed by atoms with Crippen LogP contribution in [0.3, 0.4) is 0 Å². The van der Waals surface area contributed by atoms with Gasteiger partial charge in [0.1, 0.15) is 6.17 Å². The van der Waals surface area contributed by atoms with Crippen LogP contribution in [0.5, 0.6) is 0 Å². The van der Waals surface area contributed by atoms with Crippen molar-refractivity contribution in [1.82, 2.24) is 20.1 Å². The molecule has 0 saturated heterocycles. The molecule has 0 unspecified atom stereocenters. The molecule has 1 amide bonds. The number of hydrogen-bond acceptors (Lipinski definition) is 3. The van der Waals surface area contributed by atoms with Crippen molar-refractivity contribution in [2.24, 2.45) is 5.92 Å². The second kappa shape index (κ2) is 5.19. The number of aromatic amines is 1. The van der Waals surface area contributed by atoms with Crippen molar-refractivity contribution < 1.29 is 9.18 Å². The van der Waals surface area contributed by atoms with Gasteiger partial charge in [0.15, 0.2) is 0 Å². The van der Waals surface area contributed by atoms with E-state index in [1.54, 1.807) is 17.3 Å². The van der Waals surface area contributed by atoms with Gasteiger partial charge in [-0.05, 0) is 25.0 Å². The number of fused-ring (bicyclic) bond motifs is 1. The van der Waals surface area contributed by atoms with Gasteiger partial charge in [-0.15, -0.1) is 0 Å². The predicted molar refractivity (Wildman–Crippen MR) is 78.8 cm³/mol. The first-order chi connectivity index (χ1) is 10.7. The Kier molecular flexibility index (Phi) is 3.17. The first kappa shape index (κ1) is 13.4. The van der Waals surface area contributed by atoms with Gasteiger partial charge in [0.2, 0.25) is 5.91 Å². The van der Waals surface area contributed by atoms with E-state index in [0.717, 1.165) is 35.4 Å². The predicted octanol–water partition coefficient (Wildman–Crippen LogP) is 1.76. The standard InChI is InChI=1S/C16H17FN4O/c17-13-8-12(13)16(22)21-6-3-11-14(4-7-21)19-20-15(11)10-2-1-5-18-9-10/h1-2,5,9,12-13H,3-4,6-8H2,(H,19,20)/t12-,13-/m1/s1. The fourth-order valence-corrected chi connectivity index (χ4v) is 3.10. The summed E-state index contributed by atoms with van der Waals surface area (Å²) in [4.78, 5) is 18.1. The normalized spacial score (nSPS) is 23.8. The van der Waals surface area contributed by atoms with E-state index in [4.69, 9.17) is 0 Å². The second-order valence-corrected chi connectivity index (χ2v) is 5.95. The van der Waals surface area contributed by atoms with Gasteiger partial charge >= 0.3 is 0 Å². The van der Waals surface area contributed by atoms with Gasteiger partial charge in [0.05, 0.1) is 11.6 Å². The lowest BCUT2D eigenvalue weighted by Crippen LogP contribution is -2.35. The van der Waals surface area contributed by atoms with Crippen molar-refractivity contribution in [3.05, 3.63) is 35.8 Å². The molecule has 1 N–H and O–H groups in total. The van der Waals surface area contributed by atoms with Crippen molar-refractivity contribution in [2.45, 2.75) is 25.4 Å². The van der Waals surface area contributed by atoms with Gasteiger partial charge in [-0.1, -0.05) is 0 Å². The van der Waals surface area contributed by atoms with Crippen LogP contribution in [0.25, 0.3) is 11.3 Å². The number of aromatic nitrogens is 3. The van der Waals surface area contributed by atoms with Crippen LogP contribution in [0.2, 0.25) is 0 Å². The molecule has 0 aromatic carbocycles. The maximum atomic E-state index is 13.1. The minimum atomic E-state index is -0.929. The van der Waals surface area contributed by atoms with Crippen LogP contribution in [0.4, 0.5) is 4.39 Å². The smallest absolute Gasteiger partial charge is 0.228 e. The fraction of sp³-hybridized carbons (Fsp3) is 0.438. The summed E-state index contributed by atoms with van der Waals surface area (Å²) in [5.41, 5.74) is 4.11. The average Bonchev–Trinajstić information content (AvgIpc) is 3.21. The summed E-state index contributed by atoms with van der Waals surface area (Å²) < 4.78 is 13.1. The van der Waals surface area contributed by atoms with Crippen LogP contribution < -0.4 is 0 Å². The van der Waals surface area contributed by atoms with Crippen molar-refractivity contribution in [3.8, 4) is 11.3 Å². The van der Waals surface area contributed by atoms with Crippen LogP contribution in [-0.2, 0) is 17.6 Å². The zero-order chi connectivity index (χ0) is 15.1. The van der Waals surface area contributed by atoms with Gasteiger partial charge in [-0.25, -0.2) is 4.39 Å². The van der Waals surface area contributed by atoms with E-state index >= 15 is 0 Å². The topological polar surface area (TPSA) is 61.9 Å². The number of carbonyl (C=O) groups is 1. The molecular weight excluding hydrogens is 283 g/mol. The molecule has 4 rings (SSSR count). The molecule has 1 aliphatic heterocycles. The number of halogens is 1. The minimum absolute atomic E-state index is 0.0338. The number of amides is 1. The van der Waals surface area contributed by atoms with Crippen molar-refractivity contribution >= 4 is 5.91 Å². The van der Waals surface area contributed by atoms with Crippen LogP contribution in [0.1, 0.15) is 17.7 Å². The summed E-state index contributed by atoms with van der Waals surface area (Å²) in [6, 6.07) is 3.87. The van der Waals surface area contributed by atoms with E-state index in [9.17, 15) is 9.18 Å². The molecule has 2 aromatic rings. The maximum Gasteiger partial charge on any atom is 0.228 e. The molecule has 0 bridgehead atoms. The number of H-pyrrole nitrogens is 1. The molecule has 114 valence electrons. The largest absolute Gasteiger partial charge is 0.342 e. The molecule has 2 atom stereocenters. The Morgan fingerprint density at radius 2 is 2.18 bits per heavy atom. The molecule has 3 heterocycles. The molecule has 6 heteroatoms. The molecule has 2 aliphatic rings. The van der Waals surface area contributed by atoms with Crippen LogP contribution in [0, 0.1) is 5.92 Å². The molecule has 1 saturated carbocycles. The van der Waals surface area contributed by atoms with Gasteiger partial charge in [-0.2, -0.15) is 5.10 Å². The number of rotatable bonds is 2. The summed E-state index contributed by atoms with van der Waals surface area (Å²) in [5.74, 6) is -0.430. The van der Waals surface area contributed by atoms with Crippen molar-refractivity contribution in [2.75, 3.05) is 13.1 Å². The van der Waals surface area contributed by atoms with Crippen molar-refractivity contribution in [3.63, 3.8) is 0 Å². The highest BCUT2D eigenvalue weighted by molar-refractivity contribution is 5.82. The Bertz CT molecular complexity index is 699. The van der Waals surface area contributed by atoms with Crippen LogP contribution in [-0.4, -0.2) is 45.2 Å². The van der Waals surface area contributed by atoms with E-state index in [1.165, 1.54) is 0 Å². The summed E-state index contributed by atoms with van der Waals surface area (Å²) in [7, 11) is 0. The molecule has 2 aromatic heterocycles. The zero-order valence-corrected chi connectivity index (χ0v) is 12.1. The summed E-state index contributed by atoms with van der Waals surface area (Å²) in [6.45, 7) is 1.26. The molecule has 1 fully saturated rings. The highest BCUT2D eigenvalue weighted by Crippen LogP contribution is 2.36. The Labute approximate surface area is 127 Å². The number of nitrogens with one attached hydrogen (secondary N) is 1. The summed E-state index contributed by atoms with van der Waals surface area (Å²) in [5, 5.41) is 7.50. The van der Waals surface area contributed by atoms with E-state index < -0.39 is 12.1 Å². The molecule has 5 nitrogen and oxygen atoms in total. The number of hydrogen-bond donors (Lipinski definition) is 1. The van der Waals surface area contributed by atoms with Gasteiger partial charge in [-0.3, -0.25) is 14.9 Å². The first-order valence-electron chi connectivity index (χ1n) is 7.63. The SMILES string of the molecule is O=C([C@@H]1C[C@H]1F)N1CCc2[nH]nc(-c3cccnc3)c2CC1. The third-order valence-electron chi connectivity index (χ3n) is 4.49. The Balaban J connectivity index is 1.55. The molecular formula is C16H17FN4O. The lowest BCUT2D eigenvalue weighted by atomic mass is 10.0. The highest BCUT2D eigenvalue weighted by Gasteiger charge is 2.45.